The smallest absolute Gasteiger partial charge is 0.207 e. The highest BCUT2D eigenvalue weighted by Gasteiger charge is 2.25. The number of imidazole rings is 1. The highest BCUT2D eigenvalue weighted by Crippen LogP contribution is 2.31. The molecule has 1 fully saturated rings. The standard InChI is InChI=1S/C18H25N3/c1-13-9-10-16(11-14(13)2)20-18-19-15(3)12-21(18)17-7-5-4-6-8-17/h4-8,12-14,16H,9-11H2,1-3H3,(H,19,20). The molecule has 0 saturated heterocycles. The molecule has 1 aliphatic carbocycles. The van der Waals surface area contributed by atoms with Gasteiger partial charge in [0.2, 0.25) is 5.95 Å². The first kappa shape index (κ1) is 14.2. The number of aromatic nitrogens is 2. The second kappa shape index (κ2) is 5.92. The number of benzene rings is 1. The maximum atomic E-state index is 4.68. The van der Waals surface area contributed by atoms with E-state index in [2.05, 4.69) is 66.1 Å². The molecule has 0 aliphatic heterocycles. The lowest BCUT2D eigenvalue weighted by atomic mass is 9.79. The molecule has 3 atom stereocenters. The topological polar surface area (TPSA) is 29.9 Å². The first-order valence-electron chi connectivity index (χ1n) is 8.01. The van der Waals surface area contributed by atoms with Crippen molar-refractivity contribution in [2.45, 2.75) is 46.1 Å². The summed E-state index contributed by atoms with van der Waals surface area (Å²) in [5.41, 5.74) is 2.22. The van der Waals surface area contributed by atoms with E-state index in [-0.39, 0.29) is 0 Å². The molecule has 3 nitrogen and oxygen atoms in total. The van der Waals surface area contributed by atoms with Gasteiger partial charge in [-0.2, -0.15) is 0 Å². The van der Waals surface area contributed by atoms with E-state index < -0.39 is 0 Å². The van der Waals surface area contributed by atoms with E-state index >= 15 is 0 Å². The molecule has 0 amide bonds. The fourth-order valence-electron chi connectivity index (χ4n) is 3.25. The fourth-order valence-corrected chi connectivity index (χ4v) is 3.25. The van der Waals surface area contributed by atoms with E-state index in [1.165, 1.54) is 19.3 Å². The van der Waals surface area contributed by atoms with E-state index in [9.17, 15) is 0 Å². The van der Waals surface area contributed by atoms with Gasteiger partial charge in [0.1, 0.15) is 0 Å². The van der Waals surface area contributed by atoms with Crippen LogP contribution in [0.5, 0.6) is 0 Å². The molecule has 1 heterocycles. The zero-order valence-corrected chi connectivity index (χ0v) is 13.2. The van der Waals surface area contributed by atoms with Crippen LogP contribution in [0, 0.1) is 18.8 Å². The van der Waals surface area contributed by atoms with Crippen molar-refractivity contribution in [1.29, 1.82) is 0 Å². The summed E-state index contributed by atoms with van der Waals surface area (Å²) in [6, 6.07) is 11.0. The van der Waals surface area contributed by atoms with Crippen LogP contribution < -0.4 is 5.32 Å². The summed E-state index contributed by atoms with van der Waals surface area (Å²) in [6.45, 7) is 6.79. The van der Waals surface area contributed by atoms with Gasteiger partial charge in [-0.3, -0.25) is 4.57 Å². The second-order valence-corrected chi connectivity index (χ2v) is 6.52. The van der Waals surface area contributed by atoms with Crippen LogP contribution in [0.2, 0.25) is 0 Å². The molecule has 1 aromatic carbocycles. The molecule has 3 unspecified atom stereocenters. The monoisotopic (exact) mass is 283 g/mol. The molecule has 1 saturated carbocycles. The Hall–Kier alpha value is -1.77. The molecule has 0 bridgehead atoms. The number of hydrogen-bond donors (Lipinski definition) is 1. The van der Waals surface area contributed by atoms with Crippen LogP contribution >= 0.6 is 0 Å². The molecule has 21 heavy (non-hydrogen) atoms. The van der Waals surface area contributed by atoms with Gasteiger partial charge in [-0.25, -0.2) is 4.98 Å². The Morgan fingerprint density at radius 3 is 2.57 bits per heavy atom. The van der Waals surface area contributed by atoms with E-state index in [0.29, 0.717) is 6.04 Å². The summed E-state index contributed by atoms with van der Waals surface area (Å²) in [5, 5.41) is 3.67. The van der Waals surface area contributed by atoms with Crippen LogP contribution in [0.4, 0.5) is 5.95 Å². The van der Waals surface area contributed by atoms with Crippen LogP contribution in [0.1, 0.15) is 38.8 Å². The number of hydrogen-bond acceptors (Lipinski definition) is 2. The minimum absolute atomic E-state index is 0.542. The van der Waals surface area contributed by atoms with Crippen molar-refractivity contribution in [2.24, 2.45) is 11.8 Å². The van der Waals surface area contributed by atoms with Crippen molar-refractivity contribution < 1.29 is 0 Å². The van der Waals surface area contributed by atoms with Crippen molar-refractivity contribution in [3.63, 3.8) is 0 Å². The lowest BCUT2D eigenvalue weighted by Crippen LogP contribution is -2.31. The molecule has 1 N–H and O–H groups in total. The van der Waals surface area contributed by atoms with Crippen molar-refractivity contribution in [3.05, 3.63) is 42.2 Å². The van der Waals surface area contributed by atoms with Crippen LogP contribution in [0.25, 0.3) is 5.69 Å². The zero-order valence-electron chi connectivity index (χ0n) is 13.2. The number of para-hydroxylation sites is 1. The zero-order chi connectivity index (χ0) is 14.8. The molecule has 2 aromatic rings. The van der Waals surface area contributed by atoms with Crippen LogP contribution in [0.3, 0.4) is 0 Å². The van der Waals surface area contributed by atoms with E-state index in [1.807, 2.05) is 6.07 Å². The Bertz CT molecular complexity index is 588. The average Bonchev–Trinajstić information content (AvgIpc) is 2.85. The molecule has 1 aromatic heterocycles. The van der Waals surface area contributed by atoms with Crippen LogP contribution in [-0.2, 0) is 0 Å². The third kappa shape index (κ3) is 3.12. The minimum atomic E-state index is 0.542. The molecular weight excluding hydrogens is 258 g/mol. The molecule has 0 radical (unpaired) electrons. The third-order valence-corrected chi connectivity index (χ3v) is 4.79. The minimum Gasteiger partial charge on any atom is -0.353 e. The first-order chi connectivity index (χ1) is 10.1. The van der Waals surface area contributed by atoms with Gasteiger partial charge >= 0.3 is 0 Å². The van der Waals surface area contributed by atoms with E-state index in [1.54, 1.807) is 0 Å². The van der Waals surface area contributed by atoms with Gasteiger partial charge in [0, 0.05) is 17.9 Å². The van der Waals surface area contributed by atoms with Gasteiger partial charge in [0.25, 0.3) is 0 Å². The highest BCUT2D eigenvalue weighted by atomic mass is 15.2. The van der Waals surface area contributed by atoms with Gasteiger partial charge in [0.05, 0.1) is 5.69 Å². The summed E-state index contributed by atoms with van der Waals surface area (Å²) in [6.07, 6.45) is 5.89. The Kier molecular flexibility index (Phi) is 4.00. The van der Waals surface area contributed by atoms with Crippen LogP contribution in [-0.4, -0.2) is 15.6 Å². The second-order valence-electron chi connectivity index (χ2n) is 6.52. The molecular formula is C18H25N3. The maximum Gasteiger partial charge on any atom is 0.207 e. The van der Waals surface area contributed by atoms with Gasteiger partial charge in [-0.05, 0) is 50.2 Å². The predicted molar refractivity (Wildman–Crippen MR) is 87.9 cm³/mol. The van der Waals surface area contributed by atoms with E-state index in [4.69, 9.17) is 0 Å². The number of aryl methyl sites for hydroxylation is 1. The van der Waals surface area contributed by atoms with Crippen molar-refractivity contribution in [2.75, 3.05) is 5.32 Å². The number of rotatable bonds is 3. The Balaban J connectivity index is 1.80. The summed E-state index contributed by atoms with van der Waals surface area (Å²) >= 11 is 0. The summed E-state index contributed by atoms with van der Waals surface area (Å²) in [4.78, 5) is 4.68. The lowest BCUT2D eigenvalue weighted by Gasteiger charge is -2.32. The SMILES string of the molecule is Cc1cn(-c2ccccc2)c(NC2CCC(C)C(C)C2)n1. The normalized spacial score (nSPS) is 25.8. The number of nitrogens with zero attached hydrogens (tertiary/aromatic N) is 2. The average molecular weight is 283 g/mol. The quantitative estimate of drug-likeness (QED) is 0.903. The third-order valence-electron chi connectivity index (χ3n) is 4.79. The van der Waals surface area contributed by atoms with Gasteiger partial charge in [-0.1, -0.05) is 32.0 Å². The lowest BCUT2D eigenvalue weighted by molar-refractivity contribution is 0.260. The maximum absolute atomic E-state index is 4.68. The van der Waals surface area contributed by atoms with Gasteiger partial charge in [-0.15, -0.1) is 0 Å². The molecule has 3 rings (SSSR count). The van der Waals surface area contributed by atoms with Crippen LogP contribution in [0.15, 0.2) is 36.5 Å². The Labute approximate surface area is 127 Å². The van der Waals surface area contributed by atoms with Gasteiger partial charge < -0.3 is 5.32 Å². The van der Waals surface area contributed by atoms with Crippen molar-refractivity contribution >= 4 is 5.95 Å². The molecule has 3 heteroatoms. The predicted octanol–water partition coefficient (Wildman–Crippen LogP) is 4.42. The van der Waals surface area contributed by atoms with Gasteiger partial charge in [0.15, 0.2) is 0 Å². The Morgan fingerprint density at radius 1 is 1.10 bits per heavy atom. The summed E-state index contributed by atoms with van der Waals surface area (Å²) in [5.74, 6) is 2.61. The largest absolute Gasteiger partial charge is 0.353 e. The van der Waals surface area contributed by atoms with Crippen molar-refractivity contribution in [3.8, 4) is 5.69 Å². The molecule has 1 aliphatic rings. The first-order valence-corrected chi connectivity index (χ1v) is 8.01. The molecule has 0 spiro atoms. The highest BCUT2D eigenvalue weighted by molar-refractivity contribution is 5.43. The summed E-state index contributed by atoms with van der Waals surface area (Å²) in [7, 11) is 0. The molecule has 112 valence electrons. The van der Waals surface area contributed by atoms with E-state index in [0.717, 1.165) is 29.2 Å². The summed E-state index contributed by atoms with van der Waals surface area (Å²) < 4.78 is 2.16. The number of nitrogens with one attached hydrogen (secondary N) is 1. The number of anilines is 1. The fraction of sp³-hybridized carbons (Fsp3) is 0.500. The van der Waals surface area contributed by atoms with Crippen molar-refractivity contribution in [1.82, 2.24) is 9.55 Å². The Morgan fingerprint density at radius 2 is 1.86 bits per heavy atom.